The summed E-state index contributed by atoms with van der Waals surface area (Å²) in [6.07, 6.45) is 1.62. The molecule has 3 aromatic carbocycles. The number of carbonyl (C=O) groups excluding carboxylic acids is 1. The average molecular weight is 635 g/mol. The summed E-state index contributed by atoms with van der Waals surface area (Å²) >= 11 is 18.9. The van der Waals surface area contributed by atoms with Crippen molar-refractivity contribution in [2.45, 2.75) is 49.6 Å². The van der Waals surface area contributed by atoms with Gasteiger partial charge in [0.2, 0.25) is 10.0 Å². The highest BCUT2D eigenvalue weighted by atomic mass is 35.5. The molecule has 2 atom stereocenters. The Labute approximate surface area is 255 Å². The van der Waals surface area contributed by atoms with Crippen molar-refractivity contribution in [3.63, 3.8) is 0 Å². The van der Waals surface area contributed by atoms with E-state index in [1.807, 2.05) is 45.0 Å². The standard InChI is InChI=1S/C30H30Cl3N3O4S/c1-4-40-26-16-15-24(41(38,39)35-17-5-6-18-35)19-25(26)27-34-29(2,20-7-11-22(31)12-8-20)30(3,36(27)28(33)37)21-9-13-23(32)14-10-21/h7-16,19H,4-6,17-18H2,1-3H3/t29-,30+/m0/s1. The summed E-state index contributed by atoms with van der Waals surface area (Å²) in [5, 5.41) is 0.303. The van der Waals surface area contributed by atoms with E-state index >= 15 is 0 Å². The van der Waals surface area contributed by atoms with Gasteiger partial charge in [-0.15, -0.1) is 0 Å². The third kappa shape index (κ3) is 5.04. The van der Waals surface area contributed by atoms with E-state index in [2.05, 4.69) is 0 Å². The SMILES string of the molecule is CCOc1ccc(S(=O)(=O)N2CCCC2)cc1C1=N[C@@](C)(c2ccc(Cl)cc2)[C@@](C)(c2ccc(Cl)cc2)N1C(=O)Cl. The minimum absolute atomic E-state index is 0.0933. The first-order chi connectivity index (χ1) is 19.4. The molecule has 216 valence electrons. The van der Waals surface area contributed by atoms with Gasteiger partial charge < -0.3 is 4.74 Å². The number of aliphatic imine (C=N–C) groups is 1. The molecule has 41 heavy (non-hydrogen) atoms. The van der Waals surface area contributed by atoms with Crippen LogP contribution in [-0.4, -0.2) is 48.5 Å². The van der Waals surface area contributed by atoms with Crippen LogP contribution in [0.3, 0.4) is 0 Å². The van der Waals surface area contributed by atoms with Gasteiger partial charge in [0.25, 0.3) is 0 Å². The predicted octanol–water partition coefficient (Wildman–Crippen LogP) is 7.43. The molecule has 0 saturated carbocycles. The molecule has 1 amide bonds. The second kappa shape index (κ2) is 11.2. The normalized spacial score (nSPS) is 23.1. The number of amides is 1. The summed E-state index contributed by atoms with van der Waals surface area (Å²) in [6, 6.07) is 19.1. The Morgan fingerprint density at radius 2 is 1.49 bits per heavy atom. The second-order valence-electron chi connectivity index (χ2n) is 10.4. The lowest BCUT2D eigenvalue weighted by atomic mass is 9.71. The van der Waals surface area contributed by atoms with Gasteiger partial charge in [0.05, 0.1) is 17.1 Å². The molecule has 1 saturated heterocycles. The molecule has 5 rings (SSSR count). The third-order valence-electron chi connectivity index (χ3n) is 8.12. The highest BCUT2D eigenvalue weighted by Crippen LogP contribution is 2.54. The van der Waals surface area contributed by atoms with Crippen molar-refractivity contribution < 1.29 is 17.9 Å². The minimum atomic E-state index is -3.77. The van der Waals surface area contributed by atoms with Gasteiger partial charge in [-0.3, -0.25) is 14.7 Å². The van der Waals surface area contributed by atoms with Crippen molar-refractivity contribution in [1.82, 2.24) is 9.21 Å². The van der Waals surface area contributed by atoms with Crippen molar-refractivity contribution in [3.05, 3.63) is 93.5 Å². The van der Waals surface area contributed by atoms with Crippen LogP contribution in [0.25, 0.3) is 0 Å². The molecule has 1 fully saturated rings. The maximum atomic E-state index is 13.6. The quantitative estimate of drug-likeness (QED) is 0.200. The van der Waals surface area contributed by atoms with Crippen LogP contribution in [0.2, 0.25) is 10.0 Å². The topological polar surface area (TPSA) is 79.3 Å². The second-order valence-corrected chi connectivity index (χ2v) is 13.5. The first kappa shape index (κ1) is 29.9. The molecule has 0 unspecified atom stereocenters. The van der Waals surface area contributed by atoms with Gasteiger partial charge in [0.1, 0.15) is 22.7 Å². The smallest absolute Gasteiger partial charge is 0.322 e. The number of hydrogen-bond acceptors (Lipinski definition) is 5. The number of sulfonamides is 1. The zero-order valence-electron chi connectivity index (χ0n) is 22.9. The van der Waals surface area contributed by atoms with Crippen LogP contribution in [0, 0.1) is 0 Å². The van der Waals surface area contributed by atoms with Gasteiger partial charge in [-0.1, -0.05) is 47.5 Å². The van der Waals surface area contributed by atoms with Gasteiger partial charge in [-0.25, -0.2) is 8.42 Å². The maximum Gasteiger partial charge on any atom is 0.322 e. The number of hydrogen-bond donors (Lipinski definition) is 0. The van der Waals surface area contributed by atoms with Crippen molar-refractivity contribution in [2.75, 3.05) is 19.7 Å². The van der Waals surface area contributed by atoms with E-state index in [4.69, 9.17) is 44.5 Å². The number of halogens is 3. The number of benzene rings is 3. The van der Waals surface area contributed by atoms with Gasteiger partial charge in [0, 0.05) is 23.1 Å². The Balaban J connectivity index is 1.79. The molecule has 7 nitrogen and oxygen atoms in total. The summed E-state index contributed by atoms with van der Waals surface area (Å²) in [4.78, 5) is 20.1. The number of nitrogens with zero attached hydrogens (tertiary/aromatic N) is 3. The highest BCUT2D eigenvalue weighted by Gasteiger charge is 2.59. The summed E-state index contributed by atoms with van der Waals surface area (Å²) in [7, 11) is -3.77. The van der Waals surface area contributed by atoms with Crippen molar-refractivity contribution >= 4 is 56.0 Å². The molecule has 0 N–H and O–H groups in total. The van der Waals surface area contributed by atoms with E-state index in [1.165, 1.54) is 21.3 Å². The summed E-state index contributed by atoms with van der Waals surface area (Å²) in [5.41, 5.74) is -0.396. The molecular weight excluding hydrogens is 605 g/mol. The molecule has 2 aliphatic rings. The van der Waals surface area contributed by atoms with Crippen molar-refractivity contribution in [3.8, 4) is 5.75 Å². The van der Waals surface area contributed by atoms with Gasteiger partial charge in [-0.2, -0.15) is 4.31 Å². The van der Waals surface area contributed by atoms with E-state index in [0.29, 0.717) is 41.1 Å². The van der Waals surface area contributed by atoms with Gasteiger partial charge >= 0.3 is 5.37 Å². The Kier molecular flexibility index (Phi) is 8.18. The van der Waals surface area contributed by atoms with Crippen LogP contribution in [0.1, 0.15) is 50.3 Å². The zero-order chi connectivity index (χ0) is 29.6. The average Bonchev–Trinajstić information content (AvgIpc) is 3.57. The first-order valence-electron chi connectivity index (χ1n) is 13.3. The van der Waals surface area contributed by atoms with Gasteiger partial charge in [-0.05, 0) is 98.8 Å². The molecule has 0 radical (unpaired) electrons. The fourth-order valence-electron chi connectivity index (χ4n) is 5.75. The number of amidine groups is 1. The minimum Gasteiger partial charge on any atom is -0.493 e. The van der Waals surface area contributed by atoms with E-state index in [9.17, 15) is 13.2 Å². The lowest BCUT2D eigenvalue weighted by Crippen LogP contribution is -2.53. The molecule has 0 bridgehead atoms. The van der Waals surface area contributed by atoms with Crippen LogP contribution < -0.4 is 4.74 Å². The van der Waals surface area contributed by atoms with Crippen LogP contribution >= 0.6 is 34.8 Å². The molecule has 11 heteroatoms. The summed E-state index contributed by atoms with van der Waals surface area (Å²) < 4.78 is 34.5. The van der Waals surface area contributed by atoms with Crippen LogP contribution in [0.15, 0.2) is 76.6 Å². The fourth-order valence-corrected chi connectivity index (χ4v) is 7.79. The maximum absolute atomic E-state index is 13.6. The van der Waals surface area contributed by atoms with Crippen molar-refractivity contribution in [2.24, 2.45) is 4.99 Å². The Hall–Kier alpha value is -2.62. The van der Waals surface area contributed by atoms with Crippen LogP contribution in [0.4, 0.5) is 4.79 Å². The first-order valence-corrected chi connectivity index (χ1v) is 15.9. The molecule has 2 aliphatic heterocycles. The highest BCUT2D eigenvalue weighted by molar-refractivity contribution is 7.89. The number of rotatable bonds is 7. The molecular formula is C30H30Cl3N3O4S. The largest absolute Gasteiger partial charge is 0.493 e. The van der Waals surface area contributed by atoms with E-state index in [1.54, 1.807) is 30.3 Å². The lowest BCUT2D eigenvalue weighted by molar-refractivity contribution is 0.149. The number of ether oxygens (including phenoxy) is 1. The van der Waals surface area contributed by atoms with E-state index in [-0.39, 0.29) is 10.7 Å². The van der Waals surface area contributed by atoms with E-state index in [0.717, 1.165) is 24.0 Å². The molecule has 0 spiro atoms. The summed E-state index contributed by atoms with van der Waals surface area (Å²) in [6.45, 7) is 6.86. The van der Waals surface area contributed by atoms with Crippen LogP contribution in [0.5, 0.6) is 5.75 Å². The molecule has 2 heterocycles. The molecule has 0 aromatic heterocycles. The summed E-state index contributed by atoms with van der Waals surface area (Å²) in [5.74, 6) is 0.579. The predicted molar refractivity (Wildman–Crippen MR) is 163 cm³/mol. The van der Waals surface area contributed by atoms with Crippen LogP contribution in [-0.2, 0) is 21.1 Å². The van der Waals surface area contributed by atoms with Crippen molar-refractivity contribution in [1.29, 1.82) is 0 Å². The Morgan fingerprint density at radius 3 is 2.02 bits per heavy atom. The molecule has 0 aliphatic carbocycles. The Morgan fingerprint density at radius 1 is 0.927 bits per heavy atom. The number of carbonyl (C=O) groups is 1. The Bertz CT molecular complexity index is 1610. The monoisotopic (exact) mass is 633 g/mol. The lowest BCUT2D eigenvalue weighted by Gasteiger charge is -2.44. The van der Waals surface area contributed by atoms with E-state index < -0.39 is 26.5 Å². The third-order valence-corrected chi connectivity index (χ3v) is 10.7. The zero-order valence-corrected chi connectivity index (χ0v) is 26.0. The van der Waals surface area contributed by atoms with Gasteiger partial charge in [0.15, 0.2) is 0 Å². The molecule has 3 aromatic rings. The fraction of sp³-hybridized carbons (Fsp3) is 0.333.